The fourth-order valence-electron chi connectivity index (χ4n) is 2.82. The van der Waals surface area contributed by atoms with Crippen molar-refractivity contribution in [2.75, 3.05) is 13.1 Å². The molecule has 2 amide bonds. The summed E-state index contributed by atoms with van der Waals surface area (Å²) in [5, 5.41) is 6.27. The molecule has 9 heteroatoms. The second kappa shape index (κ2) is 7.19. The maximum Gasteiger partial charge on any atom is 0.276 e. The summed E-state index contributed by atoms with van der Waals surface area (Å²) in [5.74, 6) is -5.10. The van der Waals surface area contributed by atoms with Crippen LogP contribution >= 0.6 is 0 Å². The van der Waals surface area contributed by atoms with Crippen molar-refractivity contribution in [3.8, 4) is 0 Å². The summed E-state index contributed by atoms with van der Waals surface area (Å²) in [4.78, 5) is 25.9. The number of aromatic nitrogens is 1. The van der Waals surface area contributed by atoms with E-state index in [-0.39, 0.29) is 17.6 Å². The van der Waals surface area contributed by atoms with Gasteiger partial charge in [-0.1, -0.05) is 5.16 Å². The van der Waals surface area contributed by atoms with Crippen LogP contribution in [0, 0.1) is 24.4 Å². The fraction of sp³-hybridized carbons (Fsp3) is 0.353. The second-order valence-electron chi connectivity index (χ2n) is 6.09. The molecule has 3 rings (SSSR count). The lowest BCUT2D eigenvalue weighted by molar-refractivity contribution is 0.0688. The monoisotopic (exact) mass is 367 g/mol. The number of carbonyl (C=O) groups excluding carboxylic acids is 2. The van der Waals surface area contributed by atoms with E-state index in [1.165, 1.54) is 0 Å². The van der Waals surface area contributed by atoms with Crippen LogP contribution in [0.3, 0.4) is 0 Å². The number of benzene rings is 1. The summed E-state index contributed by atoms with van der Waals surface area (Å²) in [6.07, 6.45) is 0.888. The maximum atomic E-state index is 13.7. The van der Waals surface area contributed by atoms with Crippen LogP contribution in [0.5, 0.6) is 0 Å². The maximum absolute atomic E-state index is 13.7. The van der Waals surface area contributed by atoms with Crippen molar-refractivity contribution in [3.05, 3.63) is 52.7 Å². The van der Waals surface area contributed by atoms with Crippen LogP contribution in [0.2, 0.25) is 0 Å². The van der Waals surface area contributed by atoms with Gasteiger partial charge in [0.2, 0.25) is 0 Å². The van der Waals surface area contributed by atoms with Crippen LogP contribution in [0.25, 0.3) is 0 Å². The molecule has 0 spiro atoms. The number of hydrogen-bond acceptors (Lipinski definition) is 4. The highest BCUT2D eigenvalue weighted by Gasteiger charge is 2.27. The Morgan fingerprint density at radius 3 is 2.50 bits per heavy atom. The van der Waals surface area contributed by atoms with Gasteiger partial charge in [-0.2, -0.15) is 0 Å². The summed E-state index contributed by atoms with van der Waals surface area (Å²) in [5.41, 5.74) is -0.339. The minimum absolute atomic E-state index is 0.217. The Bertz CT molecular complexity index is 845. The Kier molecular flexibility index (Phi) is 4.97. The number of carbonyl (C=O) groups is 2. The molecule has 1 aromatic carbocycles. The molecule has 6 nitrogen and oxygen atoms in total. The average molecular weight is 367 g/mol. The van der Waals surface area contributed by atoms with Crippen LogP contribution in [0.4, 0.5) is 13.2 Å². The molecule has 0 saturated carbocycles. The number of nitrogens with zero attached hydrogens (tertiary/aromatic N) is 2. The van der Waals surface area contributed by atoms with E-state index in [0.29, 0.717) is 37.8 Å². The Labute approximate surface area is 146 Å². The van der Waals surface area contributed by atoms with E-state index in [1.807, 2.05) is 0 Å². The van der Waals surface area contributed by atoms with Gasteiger partial charge in [0.15, 0.2) is 23.1 Å². The highest BCUT2D eigenvalue weighted by molar-refractivity contribution is 5.95. The molecule has 2 heterocycles. The zero-order valence-electron chi connectivity index (χ0n) is 13.9. The van der Waals surface area contributed by atoms with Gasteiger partial charge in [0.05, 0.1) is 5.56 Å². The summed E-state index contributed by atoms with van der Waals surface area (Å²) in [6.45, 7) is 2.43. The Morgan fingerprint density at radius 2 is 1.88 bits per heavy atom. The highest BCUT2D eigenvalue weighted by Crippen LogP contribution is 2.18. The third-order valence-electron chi connectivity index (χ3n) is 4.24. The molecule has 1 aromatic heterocycles. The normalized spacial score (nSPS) is 15.2. The van der Waals surface area contributed by atoms with Gasteiger partial charge in [-0.3, -0.25) is 9.59 Å². The summed E-state index contributed by atoms with van der Waals surface area (Å²) in [6, 6.07) is 2.84. The first-order chi connectivity index (χ1) is 12.4. The third kappa shape index (κ3) is 3.56. The molecular formula is C17H16F3N3O3. The first-order valence-electron chi connectivity index (χ1n) is 8.03. The number of rotatable bonds is 3. The van der Waals surface area contributed by atoms with Crippen molar-refractivity contribution in [1.29, 1.82) is 0 Å². The molecule has 0 atom stereocenters. The molecular weight excluding hydrogens is 351 g/mol. The van der Waals surface area contributed by atoms with E-state index in [1.54, 1.807) is 17.9 Å². The van der Waals surface area contributed by atoms with Crippen molar-refractivity contribution < 1.29 is 27.3 Å². The van der Waals surface area contributed by atoms with Crippen LogP contribution in [-0.4, -0.2) is 41.0 Å². The molecule has 26 heavy (non-hydrogen) atoms. The summed E-state index contributed by atoms with van der Waals surface area (Å²) < 4.78 is 44.8. The van der Waals surface area contributed by atoms with E-state index < -0.39 is 28.9 Å². The lowest BCUT2D eigenvalue weighted by atomic mass is 10.0. The van der Waals surface area contributed by atoms with Gasteiger partial charge in [-0.15, -0.1) is 0 Å². The first kappa shape index (κ1) is 18.0. The van der Waals surface area contributed by atoms with Crippen molar-refractivity contribution >= 4 is 11.8 Å². The van der Waals surface area contributed by atoms with Gasteiger partial charge >= 0.3 is 0 Å². The molecule has 2 aromatic rings. The van der Waals surface area contributed by atoms with Crippen LogP contribution in [-0.2, 0) is 0 Å². The van der Waals surface area contributed by atoms with Gasteiger partial charge in [0.1, 0.15) is 5.76 Å². The second-order valence-corrected chi connectivity index (χ2v) is 6.09. The Morgan fingerprint density at radius 1 is 1.19 bits per heavy atom. The zero-order valence-corrected chi connectivity index (χ0v) is 13.9. The topological polar surface area (TPSA) is 75.4 Å². The van der Waals surface area contributed by atoms with Crippen LogP contribution < -0.4 is 5.32 Å². The smallest absolute Gasteiger partial charge is 0.276 e. The number of hydrogen-bond donors (Lipinski definition) is 1. The van der Waals surface area contributed by atoms with Gasteiger partial charge in [-0.25, -0.2) is 13.2 Å². The van der Waals surface area contributed by atoms with Gasteiger partial charge < -0.3 is 14.7 Å². The summed E-state index contributed by atoms with van der Waals surface area (Å²) >= 11 is 0. The van der Waals surface area contributed by atoms with Gasteiger partial charge in [0.25, 0.3) is 11.8 Å². The Balaban J connectivity index is 1.58. The van der Waals surface area contributed by atoms with Gasteiger partial charge in [-0.05, 0) is 31.9 Å². The molecule has 0 radical (unpaired) electrons. The quantitative estimate of drug-likeness (QED) is 0.846. The van der Waals surface area contributed by atoms with Crippen molar-refractivity contribution in [1.82, 2.24) is 15.4 Å². The molecule has 0 aliphatic carbocycles. The number of amides is 2. The zero-order chi connectivity index (χ0) is 18.8. The number of nitrogens with one attached hydrogen (secondary N) is 1. The number of aryl methyl sites for hydroxylation is 1. The first-order valence-corrected chi connectivity index (χ1v) is 8.03. The molecule has 1 N–H and O–H groups in total. The van der Waals surface area contributed by atoms with E-state index in [2.05, 4.69) is 10.5 Å². The molecule has 0 bridgehead atoms. The fourth-order valence-corrected chi connectivity index (χ4v) is 2.82. The third-order valence-corrected chi connectivity index (χ3v) is 4.24. The predicted octanol–water partition coefficient (Wildman–Crippen LogP) is 2.43. The molecule has 0 unspecified atom stereocenters. The van der Waals surface area contributed by atoms with E-state index in [9.17, 15) is 22.8 Å². The summed E-state index contributed by atoms with van der Waals surface area (Å²) in [7, 11) is 0. The number of piperidine rings is 1. The predicted molar refractivity (Wildman–Crippen MR) is 83.9 cm³/mol. The van der Waals surface area contributed by atoms with Crippen molar-refractivity contribution in [3.63, 3.8) is 0 Å². The van der Waals surface area contributed by atoms with Crippen molar-refractivity contribution in [2.24, 2.45) is 0 Å². The lowest BCUT2D eigenvalue weighted by Crippen LogP contribution is -2.46. The molecule has 1 fully saturated rings. The van der Waals surface area contributed by atoms with Crippen molar-refractivity contribution in [2.45, 2.75) is 25.8 Å². The number of halogens is 3. The minimum Gasteiger partial charge on any atom is -0.361 e. The number of likely N-dealkylation sites (tertiary alicyclic amines) is 1. The van der Waals surface area contributed by atoms with Gasteiger partial charge in [0, 0.05) is 25.2 Å². The molecule has 1 saturated heterocycles. The van der Waals surface area contributed by atoms with E-state index in [0.717, 1.165) is 6.07 Å². The van der Waals surface area contributed by atoms with Crippen LogP contribution in [0.1, 0.15) is 39.4 Å². The lowest BCUT2D eigenvalue weighted by Gasteiger charge is -2.31. The Hall–Kier alpha value is -2.84. The molecule has 138 valence electrons. The largest absolute Gasteiger partial charge is 0.361 e. The molecule has 1 aliphatic rings. The van der Waals surface area contributed by atoms with Crippen LogP contribution in [0.15, 0.2) is 22.7 Å². The highest BCUT2D eigenvalue weighted by atomic mass is 19.2. The minimum atomic E-state index is -1.68. The average Bonchev–Trinajstić information content (AvgIpc) is 3.06. The standard InChI is InChI=1S/C17H16F3N3O3/c1-9-8-13(22-26-9)17(25)23-6-4-10(5-7-23)21-16(24)11-2-3-12(18)15(20)14(11)19/h2-3,8,10H,4-7H2,1H3,(H,21,24). The van der Waals surface area contributed by atoms with E-state index in [4.69, 9.17) is 4.52 Å². The molecule has 1 aliphatic heterocycles. The SMILES string of the molecule is Cc1cc(C(=O)N2CCC(NC(=O)c3ccc(F)c(F)c3F)CC2)no1. The van der Waals surface area contributed by atoms with E-state index >= 15 is 0 Å².